The van der Waals surface area contributed by atoms with Crippen LogP contribution >= 0.6 is 11.8 Å². The average molecular weight is 575 g/mol. The molecule has 0 aromatic heterocycles. The van der Waals surface area contributed by atoms with Crippen LogP contribution in [0, 0.1) is 0 Å². The summed E-state index contributed by atoms with van der Waals surface area (Å²) in [4.78, 5) is 29.7. The van der Waals surface area contributed by atoms with Gasteiger partial charge in [-0.1, -0.05) is 134 Å². The third-order valence-corrected chi connectivity index (χ3v) is 10.9. The first kappa shape index (κ1) is 27.0. The van der Waals surface area contributed by atoms with E-state index >= 15 is 0 Å². The monoisotopic (exact) mass is 574 g/mol. The number of hydrogen-bond donors (Lipinski definition) is 1. The van der Waals surface area contributed by atoms with Gasteiger partial charge in [0.1, 0.15) is 24.1 Å². The molecule has 2 aliphatic heterocycles. The summed E-state index contributed by atoms with van der Waals surface area (Å²) in [7, 11) is 0. The Morgan fingerprint density at radius 2 is 1.26 bits per heavy atom. The molecule has 212 valence electrons. The second kappa shape index (κ2) is 11.1. The molecule has 3 fully saturated rings. The number of nitrogens with zero attached hydrogens (tertiary/aromatic N) is 1. The van der Waals surface area contributed by atoms with Gasteiger partial charge in [0, 0.05) is 4.75 Å². The highest BCUT2D eigenvalue weighted by molar-refractivity contribution is 8.01. The van der Waals surface area contributed by atoms with E-state index < -0.39 is 17.6 Å². The fraction of sp³-hybridized carbons (Fsp3) is 0.278. The molecule has 1 aliphatic carbocycles. The van der Waals surface area contributed by atoms with E-state index in [-0.39, 0.29) is 28.6 Å². The lowest BCUT2D eigenvalue weighted by Gasteiger charge is -2.49. The molecule has 1 N–H and O–H groups in total. The Kier molecular flexibility index (Phi) is 7.12. The van der Waals surface area contributed by atoms with Crippen LogP contribution in [0.25, 0.3) is 0 Å². The summed E-state index contributed by atoms with van der Waals surface area (Å²) in [6.45, 7) is 0.213. The van der Waals surface area contributed by atoms with Crippen LogP contribution in [0.3, 0.4) is 0 Å². The molecule has 1 saturated carbocycles. The van der Waals surface area contributed by atoms with Gasteiger partial charge >= 0.3 is 5.97 Å². The van der Waals surface area contributed by atoms with Crippen LogP contribution in [-0.4, -0.2) is 39.0 Å². The van der Waals surface area contributed by atoms with Crippen LogP contribution in [0.2, 0.25) is 0 Å². The normalized spacial score (nSPS) is 22.5. The molecule has 2 saturated heterocycles. The lowest BCUT2D eigenvalue weighted by molar-refractivity contribution is -0.165. The zero-order valence-electron chi connectivity index (χ0n) is 23.4. The van der Waals surface area contributed by atoms with Crippen molar-refractivity contribution in [3.63, 3.8) is 0 Å². The van der Waals surface area contributed by atoms with Crippen molar-refractivity contribution < 1.29 is 14.3 Å². The van der Waals surface area contributed by atoms with E-state index in [0.29, 0.717) is 0 Å². The number of rotatable bonds is 8. The van der Waals surface area contributed by atoms with Crippen LogP contribution in [0.1, 0.15) is 47.9 Å². The third kappa shape index (κ3) is 4.45. The summed E-state index contributed by atoms with van der Waals surface area (Å²) in [5.41, 5.74) is 3.37. The highest BCUT2D eigenvalue weighted by atomic mass is 32.2. The highest BCUT2D eigenvalue weighted by Crippen LogP contribution is 2.59. The molecule has 2 heterocycles. The average Bonchev–Trinajstić information content (AvgIpc) is 3.65. The molecule has 3 aliphatic rings. The second-order valence-corrected chi connectivity index (χ2v) is 13.0. The molecular formula is C36H34N2O3S. The fourth-order valence-electron chi connectivity index (χ4n) is 7.13. The van der Waals surface area contributed by atoms with E-state index in [1.54, 1.807) is 0 Å². The van der Waals surface area contributed by atoms with Crippen molar-refractivity contribution in [3.05, 3.63) is 144 Å². The number of carbonyl (C=O) groups is 2. The van der Waals surface area contributed by atoms with Gasteiger partial charge in [-0.2, -0.15) is 0 Å². The topological polar surface area (TPSA) is 58.6 Å². The fourth-order valence-corrected chi connectivity index (χ4v) is 9.13. The number of β-lactam (4-membered cyclic amide) rings is 1. The van der Waals surface area contributed by atoms with Crippen LogP contribution in [0.15, 0.2) is 121 Å². The summed E-state index contributed by atoms with van der Waals surface area (Å²) in [6, 6.07) is 39.8. The molecule has 0 radical (unpaired) electrons. The molecule has 1 spiro atoms. The molecule has 4 aromatic carbocycles. The maximum absolute atomic E-state index is 14.2. The number of hydrogen-bond acceptors (Lipinski definition) is 5. The Bertz CT molecular complexity index is 1450. The zero-order valence-corrected chi connectivity index (χ0v) is 24.2. The van der Waals surface area contributed by atoms with Gasteiger partial charge < -0.3 is 9.64 Å². The largest absolute Gasteiger partial charge is 0.459 e. The van der Waals surface area contributed by atoms with Crippen LogP contribution in [-0.2, 0) is 26.5 Å². The molecule has 42 heavy (non-hydrogen) atoms. The summed E-state index contributed by atoms with van der Waals surface area (Å²) in [6.07, 6.45) is 3.95. The Hall–Kier alpha value is -3.87. The Morgan fingerprint density at radius 3 is 1.76 bits per heavy atom. The molecule has 5 nitrogen and oxygen atoms in total. The minimum atomic E-state index is -0.758. The zero-order chi connectivity index (χ0) is 28.6. The lowest BCUT2D eigenvalue weighted by Crippen LogP contribution is -2.72. The molecule has 0 bridgehead atoms. The summed E-state index contributed by atoms with van der Waals surface area (Å²) < 4.78 is 5.57. The quantitative estimate of drug-likeness (QED) is 0.153. The highest BCUT2D eigenvalue weighted by Gasteiger charge is 2.68. The van der Waals surface area contributed by atoms with Gasteiger partial charge in [0.2, 0.25) is 5.91 Å². The van der Waals surface area contributed by atoms with Crippen molar-refractivity contribution in [2.45, 2.75) is 60.0 Å². The summed E-state index contributed by atoms with van der Waals surface area (Å²) >= 11 is 1.81. The van der Waals surface area contributed by atoms with Gasteiger partial charge in [0.25, 0.3) is 0 Å². The summed E-state index contributed by atoms with van der Waals surface area (Å²) in [5.74, 6) is -0.326. The van der Waals surface area contributed by atoms with E-state index in [0.717, 1.165) is 47.9 Å². The number of amides is 1. The Morgan fingerprint density at radius 1 is 0.786 bits per heavy atom. The minimum Gasteiger partial charge on any atom is -0.459 e. The number of esters is 1. The first-order valence-corrected chi connectivity index (χ1v) is 15.7. The van der Waals surface area contributed by atoms with Crippen LogP contribution in [0.5, 0.6) is 0 Å². The van der Waals surface area contributed by atoms with Crippen molar-refractivity contribution in [3.8, 4) is 0 Å². The van der Waals surface area contributed by atoms with E-state index in [9.17, 15) is 9.59 Å². The molecule has 1 amide bonds. The maximum Gasteiger partial charge on any atom is 0.330 e. The van der Waals surface area contributed by atoms with Crippen LogP contribution < -0.4 is 5.32 Å². The molecule has 7 rings (SSSR count). The van der Waals surface area contributed by atoms with Crippen molar-refractivity contribution >= 4 is 23.6 Å². The van der Waals surface area contributed by atoms with Gasteiger partial charge in [0.15, 0.2) is 0 Å². The Balaban J connectivity index is 1.25. The van der Waals surface area contributed by atoms with Gasteiger partial charge in [-0.3, -0.25) is 10.1 Å². The van der Waals surface area contributed by atoms with E-state index in [1.807, 2.05) is 102 Å². The standard InChI is InChI=1S/C36H34N2O3S/c39-32-30(33-38(32)31(35(42-33)23-13-14-24-35)34(40)41-25-26-15-5-1-6-16-26)37-36(27-17-7-2-8-18-27,28-19-9-3-10-20-28)29-21-11-4-12-22-29/h1-12,15-22,30-31,33,37H,13-14,23-25H2/t30?,31?,33-/m1/s1. The van der Waals surface area contributed by atoms with Crippen molar-refractivity contribution in [2.24, 2.45) is 0 Å². The number of ether oxygens (including phenoxy) is 1. The van der Waals surface area contributed by atoms with Gasteiger partial charge in [-0.25, -0.2) is 4.79 Å². The van der Waals surface area contributed by atoms with Crippen molar-refractivity contribution in [1.82, 2.24) is 10.2 Å². The summed E-state index contributed by atoms with van der Waals surface area (Å²) in [5, 5.41) is 3.74. The van der Waals surface area contributed by atoms with Gasteiger partial charge in [0.05, 0.1) is 5.54 Å². The number of nitrogens with one attached hydrogen (secondary N) is 1. The van der Waals surface area contributed by atoms with E-state index in [4.69, 9.17) is 4.74 Å². The van der Waals surface area contributed by atoms with E-state index in [1.165, 1.54) is 0 Å². The minimum absolute atomic E-state index is 0.0369. The smallest absolute Gasteiger partial charge is 0.330 e. The predicted octanol–water partition coefficient (Wildman–Crippen LogP) is 6.28. The van der Waals surface area contributed by atoms with E-state index in [2.05, 4.69) is 41.7 Å². The molecule has 6 heteroatoms. The first-order valence-electron chi connectivity index (χ1n) is 14.8. The molecule has 4 aromatic rings. The number of thioether (sulfide) groups is 1. The maximum atomic E-state index is 14.2. The molecule has 3 atom stereocenters. The number of fused-ring (bicyclic) bond motifs is 1. The lowest BCUT2D eigenvalue weighted by atomic mass is 9.76. The second-order valence-electron chi connectivity index (χ2n) is 11.5. The first-order chi connectivity index (χ1) is 20.6. The van der Waals surface area contributed by atoms with Crippen molar-refractivity contribution in [2.75, 3.05) is 0 Å². The predicted molar refractivity (Wildman–Crippen MR) is 166 cm³/mol. The van der Waals surface area contributed by atoms with Gasteiger partial charge in [-0.05, 0) is 35.1 Å². The number of carbonyl (C=O) groups excluding carboxylic acids is 2. The third-order valence-electron chi connectivity index (χ3n) is 9.10. The molecular weight excluding hydrogens is 540 g/mol. The number of benzene rings is 4. The van der Waals surface area contributed by atoms with Crippen molar-refractivity contribution in [1.29, 1.82) is 0 Å². The van der Waals surface area contributed by atoms with Crippen LogP contribution in [0.4, 0.5) is 0 Å². The SMILES string of the molecule is O=C(OCc1ccccc1)C1N2C(=O)C(NC(c3ccccc3)(c3ccccc3)c3ccccc3)[C@H]2SC12CCCC2. The molecule has 2 unspecified atom stereocenters. The Labute approximate surface area is 251 Å². The van der Waals surface area contributed by atoms with Gasteiger partial charge in [-0.15, -0.1) is 11.8 Å².